The van der Waals surface area contributed by atoms with Gasteiger partial charge >= 0.3 is 0 Å². The molecule has 1 aromatic carbocycles. The van der Waals surface area contributed by atoms with Crippen LogP contribution in [0, 0.1) is 13.8 Å². The summed E-state index contributed by atoms with van der Waals surface area (Å²) >= 11 is 0. The first-order valence-corrected chi connectivity index (χ1v) is 7.90. The lowest BCUT2D eigenvalue weighted by atomic mass is 9.95. The van der Waals surface area contributed by atoms with Gasteiger partial charge in [-0.3, -0.25) is 4.68 Å². The molecule has 0 bridgehead atoms. The second-order valence-electron chi connectivity index (χ2n) is 5.69. The first kappa shape index (κ1) is 15.8. The maximum atomic E-state index is 4.58. The Morgan fingerprint density at radius 1 is 1.24 bits per heavy atom. The van der Waals surface area contributed by atoms with Crippen molar-refractivity contribution in [2.75, 3.05) is 6.54 Å². The molecule has 1 aromatic heterocycles. The number of aryl methyl sites for hydroxylation is 3. The molecule has 0 aliphatic carbocycles. The van der Waals surface area contributed by atoms with E-state index in [1.54, 1.807) is 0 Å². The van der Waals surface area contributed by atoms with Crippen LogP contribution in [0.15, 0.2) is 24.3 Å². The molecule has 2 rings (SSSR count). The van der Waals surface area contributed by atoms with E-state index in [0.717, 1.165) is 25.1 Å². The summed E-state index contributed by atoms with van der Waals surface area (Å²) in [5.41, 5.74) is 6.39. The smallest absolute Gasteiger partial charge is 0.0647 e. The van der Waals surface area contributed by atoms with Crippen molar-refractivity contribution < 1.29 is 0 Å². The van der Waals surface area contributed by atoms with Crippen LogP contribution < -0.4 is 5.32 Å². The molecule has 114 valence electrons. The first-order chi connectivity index (χ1) is 10.1. The maximum Gasteiger partial charge on any atom is 0.0647 e. The van der Waals surface area contributed by atoms with E-state index in [4.69, 9.17) is 0 Å². The molecule has 2 aromatic rings. The summed E-state index contributed by atoms with van der Waals surface area (Å²) in [7, 11) is 2.02. The average Bonchev–Trinajstić information content (AvgIpc) is 2.74. The molecule has 1 unspecified atom stereocenters. The van der Waals surface area contributed by atoms with Gasteiger partial charge in [0.25, 0.3) is 0 Å². The zero-order valence-electron chi connectivity index (χ0n) is 13.9. The summed E-state index contributed by atoms with van der Waals surface area (Å²) in [6.07, 6.45) is 2.20. The maximum absolute atomic E-state index is 4.58. The van der Waals surface area contributed by atoms with Gasteiger partial charge < -0.3 is 5.32 Å². The normalized spacial score (nSPS) is 12.6. The minimum absolute atomic E-state index is 0.227. The molecule has 0 aliphatic rings. The summed E-state index contributed by atoms with van der Waals surface area (Å²) in [5.74, 6) is 0. The van der Waals surface area contributed by atoms with Gasteiger partial charge in [-0.15, -0.1) is 0 Å². The minimum Gasteiger partial charge on any atom is -0.306 e. The second kappa shape index (κ2) is 6.90. The van der Waals surface area contributed by atoms with E-state index < -0.39 is 0 Å². The van der Waals surface area contributed by atoms with Crippen molar-refractivity contribution in [3.8, 4) is 0 Å². The standard InChI is InChI=1S/C18H27N3/c1-6-11-19-18(16-10-8-9-15(7-2)12-16)17-13(3)20-21(5)14(17)4/h8-10,12,18-19H,6-7,11H2,1-5H3. The van der Waals surface area contributed by atoms with Crippen LogP contribution in [0.1, 0.15) is 54.4 Å². The number of benzene rings is 1. The summed E-state index contributed by atoms with van der Waals surface area (Å²) in [6, 6.07) is 9.13. The lowest BCUT2D eigenvalue weighted by Crippen LogP contribution is -2.24. The Hall–Kier alpha value is -1.61. The van der Waals surface area contributed by atoms with Crippen LogP contribution in [-0.4, -0.2) is 16.3 Å². The fraction of sp³-hybridized carbons (Fsp3) is 0.500. The van der Waals surface area contributed by atoms with Crippen molar-refractivity contribution in [3.05, 3.63) is 52.3 Å². The monoisotopic (exact) mass is 285 g/mol. The molecule has 0 saturated heterocycles. The van der Waals surface area contributed by atoms with Crippen LogP contribution in [-0.2, 0) is 13.5 Å². The van der Waals surface area contributed by atoms with Gasteiger partial charge in [0, 0.05) is 18.3 Å². The number of nitrogens with one attached hydrogen (secondary N) is 1. The van der Waals surface area contributed by atoms with E-state index in [1.165, 1.54) is 22.4 Å². The van der Waals surface area contributed by atoms with Crippen molar-refractivity contribution in [3.63, 3.8) is 0 Å². The third-order valence-corrected chi connectivity index (χ3v) is 4.14. The van der Waals surface area contributed by atoms with Crippen LogP contribution in [0.5, 0.6) is 0 Å². The predicted octanol–water partition coefficient (Wildman–Crippen LogP) is 3.69. The molecule has 21 heavy (non-hydrogen) atoms. The number of rotatable bonds is 6. The van der Waals surface area contributed by atoms with Gasteiger partial charge in [-0.2, -0.15) is 5.10 Å². The molecule has 0 fully saturated rings. The highest BCUT2D eigenvalue weighted by atomic mass is 15.3. The fourth-order valence-corrected chi connectivity index (χ4v) is 2.88. The lowest BCUT2D eigenvalue weighted by Gasteiger charge is -2.21. The number of nitrogens with zero attached hydrogens (tertiary/aromatic N) is 2. The van der Waals surface area contributed by atoms with Gasteiger partial charge in [0.1, 0.15) is 0 Å². The van der Waals surface area contributed by atoms with E-state index >= 15 is 0 Å². The molecule has 1 atom stereocenters. The third kappa shape index (κ3) is 3.35. The average molecular weight is 285 g/mol. The summed E-state index contributed by atoms with van der Waals surface area (Å²) in [6.45, 7) is 9.67. The van der Waals surface area contributed by atoms with Gasteiger partial charge in [0.2, 0.25) is 0 Å². The topological polar surface area (TPSA) is 29.9 Å². The molecule has 1 heterocycles. The Morgan fingerprint density at radius 3 is 2.57 bits per heavy atom. The van der Waals surface area contributed by atoms with Gasteiger partial charge in [0.05, 0.1) is 11.7 Å². The number of aromatic nitrogens is 2. The van der Waals surface area contributed by atoms with Crippen LogP contribution in [0.2, 0.25) is 0 Å². The van der Waals surface area contributed by atoms with Crippen LogP contribution in [0.25, 0.3) is 0 Å². The van der Waals surface area contributed by atoms with E-state index in [1.807, 2.05) is 11.7 Å². The summed E-state index contributed by atoms with van der Waals surface area (Å²) < 4.78 is 1.98. The zero-order valence-corrected chi connectivity index (χ0v) is 13.9. The Morgan fingerprint density at radius 2 is 2.00 bits per heavy atom. The van der Waals surface area contributed by atoms with Crippen molar-refractivity contribution >= 4 is 0 Å². The molecular weight excluding hydrogens is 258 g/mol. The number of hydrogen-bond acceptors (Lipinski definition) is 2. The largest absolute Gasteiger partial charge is 0.306 e. The van der Waals surface area contributed by atoms with Crippen molar-refractivity contribution in [1.82, 2.24) is 15.1 Å². The molecule has 0 aliphatic heterocycles. The first-order valence-electron chi connectivity index (χ1n) is 7.90. The zero-order chi connectivity index (χ0) is 15.4. The van der Waals surface area contributed by atoms with Crippen molar-refractivity contribution in [1.29, 1.82) is 0 Å². The Labute approximate surface area is 128 Å². The van der Waals surface area contributed by atoms with Gasteiger partial charge in [-0.05, 0) is 44.4 Å². The minimum atomic E-state index is 0.227. The van der Waals surface area contributed by atoms with Gasteiger partial charge in [-0.1, -0.05) is 38.1 Å². The number of hydrogen-bond donors (Lipinski definition) is 1. The van der Waals surface area contributed by atoms with E-state index in [0.29, 0.717) is 0 Å². The highest BCUT2D eigenvalue weighted by Gasteiger charge is 2.21. The summed E-state index contributed by atoms with van der Waals surface area (Å²) in [4.78, 5) is 0. The van der Waals surface area contributed by atoms with Gasteiger partial charge in [-0.25, -0.2) is 0 Å². The molecule has 0 radical (unpaired) electrons. The van der Waals surface area contributed by atoms with Crippen LogP contribution in [0.3, 0.4) is 0 Å². The quantitative estimate of drug-likeness (QED) is 0.877. The van der Waals surface area contributed by atoms with E-state index in [2.05, 4.69) is 62.4 Å². The summed E-state index contributed by atoms with van der Waals surface area (Å²) in [5, 5.41) is 8.28. The Balaban J connectivity index is 2.46. The molecular formula is C18H27N3. The SMILES string of the molecule is CCCNC(c1cccc(CC)c1)c1c(C)nn(C)c1C. The molecule has 1 N–H and O–H groups in total. The van der Waals surface area contributed by atoms with Crippen molar-refractivity contribution in [2.24, 2.45) is 7.05 Å². The Kier molecular flexibility index (Phi) is 5.18. The molecule has 0 amide bonds. The molecule has 0 saturated carbocycles. The molecule has 3 nitrogen and oxygen atoms in total. The van der Waals surface area contributed by atoms with Gasteiger partial charge in [0.15, 0.2) is 0 Å². The highest BCUT2D eigenvalue weighted by Crippen LogP contribution is 2.28. The molecule has 3 heteroatoms. The van der Waals surface area contributed by atoms with Crippen LogP contribution >= 0.6 is 0 Å². The molecule has 0 spiro atoms. The van der Waals surface area contributed by atoms with Crippen molar-refractivity contribution in [2.45, 2.75) is 46.6 Å². The van der Waals surface area contributed by atoms with E-state index in [-0.39, 0.29) is 6.04 Å². The lowest BCUT2D eigenvalue weighted by molar-refractivity contribution is 0.592. The van der Waals surface area contributed by atoms with Crippen LogP contribution in [0.4, 0.5) is 0 Å². The predicted molar refractivity (Wildman–Crippen MR) is 88.6 cm³/mol. The fourth-order valence-electron chi connectivity index (χ4n) is 2.88. The Bertz CT molecular complexity index is 599. The highest BCUT2D eigenvalue weighted by molar-refractivity contribution is 5.38. The second-order valence-corrected chi connectivity index (χ2v) is 5.69. The van der Waals surface area contributed by atoms with E-state index in [9.17, 15) is 0 Å². The third-order valence-electron chi connectivity index (χ3n) is 4.14.